The van der Waals surface area contributed by atoms with Crippen LogP contribution in [0.25, 0.3) is 11.0 Å². The predicted octanol–water partition coefficient (Wildman–Crippen LogP) is 2.44. The van der Waals surface area contributed by atoms with Crippen molar-refractivity contribution >= 4 is 11.0 Å². The van der Waals surface area contributed by atoms with Crippen molar-refractivity contribution < 1.29 is 24.1 Å². The molecule has 1 heterocycles. The average molecular weight is 308 g/mol. The van der Waals surface area contributed by atoms with Crippen LogP contribution in [0, 0.1) is 0 Å². The van der Waals surface area contributed by atoms with Crippen molar-refractivity contribution in [1.82, 2.24) is 0 Å². The van der Waals surface area contributed by atoms with E-state index in [9.17, 15) is 9.90 Å². The number of hydrogen-bond donors (Lipinski definition) is 2. The van der Waals surface area contributed by atoms with Crippen LogP contribution in [0.15, 0.2) is 27.4 Å². The molecule has 0 unspecified atom stereocenters. The highest BCUT2D eigenvalue weighted by Gasteiger charge is 2.18. The summed E-state index contributed by atoms with van der Waals surface area (Å²) in [5, 5.41) is 19.5. The van der Waals surface area contributed by atoms with Crippen LogP contribution in [-0.2, 0) is 0 Å². The maximum Gasteiger partial charge on any atom is 0.383 e. The third-order valence-electron chi connectivity index (χ3n) is 3.13. The van der Waals surface area contributed by atoms with Gasteiger partial charge in [0.15, 0.2) is 5.75 Å². The fraction of sp³-hybridized carbons (Fsp3) is 0.438. The van der Waals surface area contributed by atoms with E-state index < -0.39 is 5.63 Å². The van der Waals surface area contributed by atoms with E-state index in [1.807, 2.05) is 6.92 Å². The van der Waals surface area contributed by atoms with Gasteiger partial charge in [-0.25, -0.2) is 4.79 Å². The first kappa shape index (κ1) is 16.2. The Labute approximate surface area is 127 Å². The normalized spacial score (nSPS) is 10.8. The smallest absolute Gasteiger partial charge is 0.383 e. The molecule has 120 valence electrons. The molecule has 0 fully saturated rings. The van der Waals surface area contributed by atoms with Gasteiger partial charge in [0.25, 0.3) is 0 Å². The van der Waals surface area contributed by atoms with Crippen LogP contribution in [0.5, 0.6) is 17.2 Å². The fourth-order valence-electron chi connectivity index (χ4n) is 2.00. The number of fused-ring (bicyclic) bond motifs is 1. The zero-order chi connectivity index (χ0) is 15.9. The molecule has 0 aliphatic carbocycles. The zero-order valence-electron chi connectivity index (χ0n) is 12.5. The van der Waals surface area contributed by atoms with Crippen LogP contribution in [0.1, 0.15) is 26.2 Å². The minimum absolute atomic E-state index is 0.0111. The van der Waals surface area contributed by atoms with E-state index in [1.165, 1.54) is 0 Å². The molecular weight excluding hydrogens is 288 g/mol. The molecule has 0 amide bonds. The molecule has 22 heavy (non-hydrogen) atoms. The summed E-state index contributed by atoms with van der Waals surface area (Å²) in [7, 11) is 0. The third kappa shape index (κ3) is 3.51. The van der Waals surface area contributed by atoms with E-state index in [2.05, 4.69) is 0 Å². The lowest BCUT2D eigenvalue weighted by Crippen LogP contribution is -2.09. The number of rotatable bonds is 8. The second kappa shape index (κ2) is 7.70. The van der Waals surface area contributed by atoms with Crippen LogP contribution >= 0.6 is 0 Å². The van der Waals surface area contributed by atoms with Gasteiger partial charge in [-0.1, -0.05) is 19.4 Å². The van der Waals surface area contributed by atoms with Crippen molar-refractivity contribution in [2.24, 2.45) is 0 Å². The summed E-state index contributed by atoms with van der Waals surface area (Å²) < 4.78 is 16.0. The van der Waals surface area contributed by atoms with Crippen molar-refractivity contribution in [3.05, 3.63) is 28.6 Å². The maximum absolute atomic E-state index is 11.9. The summed E-state index contributed by atoms with van der Waals surface area (Å²) in [6.45, 7) is 2.63. The second-order valence-electron chi connectivity index (χ2n) is 4.82. The van der Waals surface area contributed by atoms with Crippen LogP contribution in [0.3, 0.4) is 0 Å². The van der Waals surface area contributed by atoms with Gasteiger partial charge < -0.3 is 24.1 Å². The number of unbranched alkanes of at least 4 members (excludes halogenated alkanes) is 1. The Hall–Kier alpha value is -2.21. The quantitative estimate of drug-likeness (QED) is 0.575. The summed E-state index contributed by atoms with van der Waals surface area (Å²) >= 11 is 0. The highest BCUT2D eigenvalue weighted by atomic mass is 16.5. The van der Waals surface area contributed by atoms with Crippen LogP contribution in [0.4, 0.5) is 0 Å². The van der Waals surface area contributed by atoms with Crippen molar-refractivity contribution in [2.75, 3.05) is 19.8 Å². The van der Waals surface area contributed by atoms with Gasteiger partial charge in [0.05, 0.1) is 13.2 Å². The molecule has 1 aromatic heterocycles. The number of benzene rings is 1. The Balaban J connectivity index is 2.41. The van der Waals surface area contributed by atoms with Crippen molar-refractivity contribution in [3.8, 4) is 17.2 Å². The summed E-state index contributed by atoms with van der Waals surface area (Å²) in [6, 6.07) is 4.90. The Morgan fingerprint density at radius 1 is 1.18 bits per heavy atom. The first-order chi connectivity index (χ1) is 10.7. The number of hydrogen-bond acceptors (Lipinski definition) is 6. The molecule has 0 spiro atoms. The molecule has 2 N–H and O–H groups in total. The highest BCUT2D eigenvalue weighted by molar-refractivity contribution is 5.91. The molecule has 6 nitrogen and oxygen atoms in total. The zero-order valence-corrected chi connectivity index (χ0v) is 12.5. The average Bonchev–Trinajstić information content (AvgIpc) is 2.50. The summed E-state index contributed by atoms with van der Waals surface area (Å²) in [4.78, 5) is 11.9. The van der Waals surface area contributed by atoms with E-state index in [1.54, 1.807) is 18.2 Å². The molecular formula is C16H20O6. The van der Waals surface area contributed by atoms with E-state index in [0.29, 0.717) is 30.8 Å². The maximum atomic E-state index is 11.9. The minimum Gasteiger partial charge on any atom is -0.503 e. The molecule has 0 saturated carbocycles. The largest absolute Gasteiger partial charge is 0.503 e. The first-order valence-electron chi connectivity index (χ1n) is 7.34. The molecule has 2 aromatic rings. The molecule has 6 heteroatoms. The third-order valence-corrected chi connectivity index (χ3v) is 3.13. The summed E-state index contributed by atoms with van der Waals surface area (Å²) in [5.74, 6) is -0.0892. The Morgan fingerprint density at radius 3 is 2.68 bits per heavy atom. The second-order valence-corrected chi connectivity index (χ2v) is 4.82. The van der Waals surface area contributed by atoms with Gasteiger partial charge in [0.2, 0.25) is 5.75 Å². The van der Waals surface area contributed by atoms with E-state index in [0.717, 1.165) is 12.8 Å². The molecule has 0 aliphatic rings. The number of aliphatic hydroxyl groups excluding tert-OH is 1. The van der Waals surface area contributed by atoms with Crippen molar-refractivity contribution in [3.63, 3.8) is 0 Å². The Kier molecular flexibility index (Phi) is 5.66. The molecule has 2 rings (SSSR count). The lowest BCUT2D eigenvalue weighted by molar-refractivity contribution is 0.234. The number of ether oxygens (including phenoxy) is 2. The van der Waals surface area contributed by atoms with E-state index in [-0.39, 0.29) is 23.7 Å². The van der Waals surface area contributed by atoms with Gasteiger partial charge in [-0.3, -0.25) is 0 Å². The lowest BCUT2D eigenvalue weighted by atomic mass is 10.2. The topological polar surface area (TPSA) is 89.1 Å². The van der Waals surface area contributed by atoms with Gasteiger partial charge in [-0.05, 0) is 18.6 Å². The van der Waals surface area contributed by atoms with Gasteiger partial charge in [0.1, 0.15) is 16.7 Å². The molecule has 0 atom stereocenters. The van der Waals surface area contributed by atoms with Crippen LogP contribution < -0.4 is 15.1 Å². The Bertz CT molecular complexity index is 676. The summed E-state index contributed by atoms with van der Waals surface area (Å²) in [5.41, 5.74) is -0.486. The predicted molar refractivity (Wildman–Crippen MR) is 81.7 cm³/mol. The van der Waals surface area contributed by atoms with E-state index >= 15 is 0 Å². The molecule has 0 aliphatic heterocycles. The fourth-order valence-corrected chi connectivity index (χ4v) is 2.00. The number of aromatic hydroxyl groups is 1. The highest BCUT2D eigenvalue weighted by Crippen LogP contribution is 2.37. The standard InChI is InChI=1S/C16H20O6/c1-2-3-9-21-15-14(18)13-11(20-10-5-8-17)6-4-7-12(13)22-16(15)19/h4,6-7,17-18H,2-3,5,8-10H2,1H3. The first-order valence-corrected chi connectivity index (χ1v) is 7.34. The molecule has 0 saturated heterocycles. The van der Waals surface area contributed by atoms with Gasteiger partial charge >= 0.3 is 5.63 Å². The van der Waals surface area contributed by atoms with Crippen LogP contribution in [-0.4, -0.2) is 30.0 Å². The van der Waals surface area contributed by atoms with Gasteiger partial charge in [-0.15, -0.1) is 0 Å². The molecule has 1 aromatic carbocycles. The SMILES string of the molecule is CCCCOc1c(O)c2c(OCCCO)cccc2oc1=O. The minimum atomic E-state index is -0.714. The lowest BCUT2D eigenvalue weighted by Gasteiger charge is -2.12. The number of aliphatic hydroxyl groups is 1. The van der Waals surface area contributed by atoms with Crippen LogP contribution in [0.2, 0.25) is 0 Å². The van der Waals surface area contributed by atoms with Crippen molar-refractivity contribution in [2.45, 2.75) is 26.2 Å². The van der Waals surface area contributed by atoms with Gasteiger partial charge in [0, 0.05) is 13.0 Å². The van der Waals surface area contributed by atoms with E-state index in [4.69, 9.17) is 19.0 Å². The van der Waals surface area contributed by atoms with Gasteiger partial charge in [-0.2, -0.15) is 0 Å². The molecule has 0 radical (unpaired) electrons. The Morgan fingerprint density at radius 2 is 1.95 bits per heavy atom. The van der Waals surface area contributed by atoms with Crippen molar-refractivity contribution in [1.29, 1.82) is 0 Å². The summed E-state index contributed by atoms with van der Waals surface area (Å²) in [6.07, 6.45) is 2.15. The molecule has 0 bridgehead atoms. The monoisotopic (exact) mass is 308 g/mol.